The molecule has 1 aliphatic carbocycles. The molecule has 1 nitrogen and oxygen atoms in total. The van der Waals surface area contributed by atoms with Gasteiger partial charge in [-0.25, -0.2) is 0 Å². The summed E-state index contributed by atoms with van der Waals surface area (Å²) in [4.78, 5) is 0. The molecular formula is C15H21BrO. The van der Waals surface area contributed by atoms with E-state index in [0.717, 1.165) is 16.0 Å². The molecule has 1 aliphatic rings. The third-order valence-corrected chi connectivity index (χ3v) is 4.86. The van der Waals surface area contributed by atoms with Gasteiger partial charge in [-0.3, -0.25) is 0 Å². The highest BCUT2D eigenvalue weighted by molar-refractivity contribution is 9.10. The van der Waals surface area contributed by atoms with Crippen LogP contribution < -0.4 is 0 Å². The summed E-state index contributed by atoms with van der Waals surface area (Å²) in [5, 5.41) is 10.5. The van der Waals surface area contributed by atoms with Gasteiger partial charge in [0.2, 0.25) is 0 Å². The molecule has 0 saturated heterocycles. The zero-order valence-electron chi connectivity index (χ0n) is 10.4. The van der Waals surface area contributed by atoms with Crippen LogP contribution >= 0.6 is 15.9 Å². The van der Waals surface area contributed by atoms with Crippen molar-refractivity contribution in [2.24, 2.45) is 11.8 Å². The van der Waals surface area contributed by atoms with Gasteiger partial charge in [0, 0.05) is 4.47 Å². The number of hydrogen-bond donors (Lipinski definition) is 1. The summed E-state index contributed by atoms with van der Waals surface area (Å²) in [6.07, 6.45) is 5.88. The van der Waals surface area contributed by atoms with Crippen LogP contribution in [0.1, 0.15) is 50.7 Å². The van der Waals surface area contributed by atoms with Crippen LogP contribution in [0, 0.1) is 11.8 Å². The molecule has 0 amide bonds. The Morgan fingerprint density at radius 3 is 2.47 bits per heavy atom. The fourth-order valence-electron chi connectivity index (χ4n) is 2.88. The molecule has 1 N–H and O–H groups in total. The first-order valence-corrected chi connectivity index (χ1v) is 7.44. The maximum atomic E-state index is 10.5. The van der Waals surface area contributed by atoms with Gasteiger partial charge in [-0.05, 0) is 36.3 Å². The normalized spacial score (nSPS) is 26.8. The molecule has 2 heteroatoms. The Morgan fingerprint density at radius 2 is 1.88 bits per heavy atom. The lowest BCUT2D eigenvalue weighted by molar-refractivity contribution is 0.0724. The molecule has 0 aliphatic heterocycles. The summed E-state index contributed by atoms with van der Waals surface area (Å²) in [6.45, 7) is 2.27. The fourth-order valence-corrected chi connectivity index (χ4v) is 3.40. The molecular weight excluding hydrogens is 276 g/mol. The molecule has 0 aromatic heterocycles. The monoisotopic (exact) mass is 296 g/mol. The highest BCUT2D eigenvalue weighted by atomic mass is 79.9. The lowest BCUT2D eigenvalue weighted by Gasteiger charge is -2.31. The second-order valence-corrected chi connectivity index (χ2v) is 6.01. The Kier molecular flexibility index (Phi) is 4.63. The van der Waals surface area contributed by atoms with Crippen LogP contribution in [-0.2, 0) is 0 Å². The molecule has 1 unspecified atom stereocenters. The summed E-state index contributed by atoms with van der Waals surface area (Å²) >= 11 is 3.53. The van der Waals surface area contributed by atoms with E-state index < -0.39 is 0 Å². The van der Waals surface area contributed by atoms with Crippen LogP contribution in [0.5, 0.6) is 0 Å². The summed E-state index contributed by atoms with van der Waals surface area (Å²) in [5.41, 5.74) is 1.05. The Hall–Kier alpha value is -0.340. The first-order valence-electron chi connectivity index (χ1n) is 6.64. The highest BCUT2D eigenvalue weighted by Gasteiger charge is 2.27. The van der Waals surface area contributed by atoms with Gasteiger partial charge in [-0.15, -0.1) is 0 Å². The van der Waals surface area contributed by atoms with Gasteiger partial charge in [0.15, 0.2) is 0 Å². The predicted molar refractivity (Wildman–Crippen MR) is 74.8 cm³/mol. The first-order chi connectivity index (χ1) is 8.22. The van der Waals surface area contributed by atoms with Crippen molar-refractivity contribution in [2.45, 2.75) is 45.1 Å². The summed E-state index contributed by atoms with van der Waals surface area (Å²) in [5.74, 6) is 1.33. The molecule has 1 fully saturated rings. The number of aliphatic hydroxyl groups excluding tert-OH is 1. The van der Waals surface area contributed by atoms with Crippen LogP contribution in [-0.4, -0.2) is 5.11 Å². The molecule has 0 radical (unpaired) electrons. The minimum absolute atomic E-state index is 0.302. The number of benzene rings is 1. The smallest absolute Gasteiger partial charge is 0.0829 e. The van der Waals surface area contributed by atoms with Gasteiger partial charge in [0.1, 0.15) is 0 Å². The number of aliphatic hydroxyl groups is 1. The summed E-state index contributed by atoms with van der Waals surface area (Å²) in [6, 6.07) is 8.03. The van der Waals surface area contributed by atoms with Gasteiger partial charge in [-0.1, -0.05) is 60.3 Å². The molecule has 1 saturated carbocycles. The van der Waals surface area contributed by atoms with Crippen molar-refractivity contribution in [3.63, 3.8) is 0 Å². The zero-order valence-corrected chi connectivity index (χ0v) is 12.0. The van der Waals surface area contributed by atoms with Gasteiger partial charge in [0.25, 0.3) is 0 Å². The van der Waals surface area contributed by atoms with Crippen molar-refractivity contribution in [1.82, 2.24) is 0 Å². The van der Waals surface area contributed by atoms with Gasteiger partial charge in [0.05, 0.1) is 6.10 Å². The van der Waals surface area contributed by atoms with E-state index in [-0.39, 0.29) is 6.10 Å². The first kappa shape index (κ1) is 13.1. The van der Waals surface area contributed by atoms with Gasteiger partial charge < -0.3 is 5.11 Å². The molecule has 0 spiro atoms. The van der Waals surface area contributed by atoms with E-state index in [1.807, 2.05) is 24.3 Å². The second kappa shape index (κ2) is 6.01. The lowest BCUT2D eigenvalue weighted by atomic mass is 9.77. The van der Waals surface area contributed by atoms with Crippen LogP contribution in [0.4, 0.5) is 0 Å². The SMILES string of the molecule is CCC1CCC(C(O)c2ccccc2Br)CC1. The van der Waals surface area contributed by atoms with Crippen molar-refractivity contribution in [1.29, 1.82) is 0 Å². The summed E-state index contributed by atoms with van der Waals surface area (Å²) < 4.78 is 1.03. The molecule has 94 valence electrons. The van der Waals surface area contributed by atoms with E-state index >= 15 is 0 Å². The van der Waals surface area contributed by atoms with Crippen molar-refractivity contribution in [3.8, 4) is 0 Å². The van der Waals surface area contributed by atoms with Crippen LogP contribution in [0.15, 0.2) is 28.7 Å². The summed E-state index contributed by atoms with van der Waals surface area (Å²) in [7, 11) is 0. The second-order valence-electron chi connectivity index (χ2n) is 5.16. The van der Waals surface area contributed by atoms with E-state index in [0.29, 0.717) is 5.92 Å². The van der Waals surface area contributed by atoms with Gasteiger partial charge in [-0.2, -0.15) is 0 Å². The molecule has 2 rings (SSSR count). The average Bonchev–Trinajstić information content (AvgIpc) is 2.39. The van der Waals surface area contributed by atoms with Crippen molar-refractivity contribution < 1.29 is 5.11 Å². The lowest BCUT2D eigenvalue weighted by Crippen LogP contribution is -2.20. The third-order valence-electron chi connectivity index (χ3n) is 4.14. The van der Waals surface area contributed by atoms with E-state index in [2.05, 4.69) is 22.9 Å². The maximum absolute atomic E-state index is 10.5. The predicted octanol–water partition coefficient (Wildman–Crippen LogP) is 4.70. The Morgan fingerprint density at radius 1 is 1.24 bits per heavy atom. The molecule has 1 aromatic rings. The topological polar surface area (TPSA) is 20.2 Å². The largest absolute Gasteiger partial charge is 0.388 e. The number of rotatable bonds is 3. The maximum Gasteiger partial charge on any atom is 0.0829 e. The van der Waals surface area contributed by atoms with E-state index in [4.69, 9.17) is 0 Å². The Bertz CT molecular complexity index is 356. The number of halogens is 1. The fraction of sp³-hybridized carbons (Fsp3) is 0.600. The van der Waals surface area contributed by atoms with E-state index in [1.165, 1.54) is 32.1 Å². The Balaban J connectivity index is 2.02. The van der Waals surface area contributed by atoms with Crippen molar-refractivity contribution >= 4 is 15.9 Å². The van der Waals surface area contributed by atoms with E-state index in [9.17, 15) is 5.11 Å². The third kappa shape index (κ3) is 3.11. The highest BCUT2D eigenvalue weighted by Crippen LogP contribution is 2.39. The Labute approximate surface area is 112 Å². The minimum Gasteiger partial charge on any atom is -0.388 e. The molecule has 1 aromatic carbocycles. The average molecular weight is 297 g/mol. The molecule has 1 atom stereocenters. The van der Waals surface area contributed by atoms with Crippen molar-refractivity contribution in [2.75, 3.05) is 0 Å². The standard InChI is InChI=1S/C15H21BrO/c1-2-11-7-9-12(10-8-11)15(17)13-5-3-4-6-14(13)16/h3-6,11-12,15,17H,2,7-10H2,1H3. The van der Waals surface area contributed by atoms with Gasteiger partial charge >= 0.3 is 0 Å². The molecule has 17 heavy (non-hydrogen) atoms. The quantitative estimate of drug-likeness (QED) is 0.857. The molecule has 0 bridgehead atoms. The van der Waals surface area contributed by atoms with E-state index in [1.54, 1.807) is 0 Å². The van der Waals surface area contributed by atoms with Crippen LogP contribution in [0.25, 0.3) is 0 Å². The van der Waals surface area contributed by atoms with Crippen LogP contribution in [0.2, 0.25) is 0 Å². The zero-order chi connectivity index (χ0) is 12.3. The minimum atomic E-state index is -0.302. The molecule has 0 heterocycles. The van der Waals surface area contributed by atoms with Crippen LogP contribution in [0.3, 0.4) is 0 Å². The number of hydrogen-bond acceptors (Lipinski definition) is 1. The van der Waals surface area contributed by atoms with Crippen molar-refractivity contribution in [3.05, 3.63) is 34.3 Å².